The summed E-state index contributed by atoms with van der Waals surface area (Å²) in [5.74, 6) is -1.89. The molecule has 1 amide bonds. The first-order valence-electron chi connectivity index (χ1n) is 5.23. The lowest BCUT2D eigenvalue weighted by atomic mass is 10.2. The van der Waals surface area contributed by atoms with Gasteiger partial charge in [-0.05, 0) is 18.2 Å². The van der Waals surface area contributed by atoms with Crippen LogP contribution in [0.5, 0.6) is 0 Å². The van der Waals surface area contributed by atoms with E-state index >= 15 is 0 Å². The number of pyridine rings is 1. The van der Waals surface area contributed by atoms with Gasteiger partial charge in [-0.2, -0.15) is 0 Å². The number of rotatable bonds is 2. The molecule has 0 spiro atoms. The molecule has 18 heavy (non-hydrogen) atoms. The van der Waals surface area contributed by atoms with E-state index in [1.165, 1.54) is 37.5 Å². The first-order valence-corrected chi connectivity index (χ1v) is 5.23. The normalized spacial score (nSPS) is 10.2. The third-order valence-corrected chi connectivity index (χ3v) is 2.52. The number of hydrogen-bond acceptors (Lipinski definition) is 2. The van der Waals surface area contributed by atoms with Crippen LogP contribution in [-0.4, -0.2) is 17.9 Å². The SMILES string of the molecule is CN(C(=O)c1ccncc1F)c1ccccc1F. The Kier molecular flexibility index (Phi) is 3.32. The predicted molar refractivity (Wildman–Crippen MR) is 63.3 cm³/mol. The Morgan fingerprint density at radius 2 is 1.89 bits per heavy atom. The number of anilines is 1. The van der Waals surface area contributed by atoms with Crippen LogP contribution in [0.1, 0.15) is 10.4 Å². The Hall–Kier alpha value is -2.30. The minimum Gasteiger partial charge on any atom is -0.309 e. The maximum atomic E-state index is 13.5. The molecule has 0 aliphatic carbocycles. The first kappa shape index (κ1) is 12.2. The van der Waals surface area contributed by atoms with Crippen molar-refractivity contribution >= 4 is 11.6 Å². The maximum absolute atomic E-state index is 13.5. The van der Waals surface area contributed by atoms with Gasteiger partial charge in [0.2, 0.25) is 0 Å². The zero-order valence-electron chi connectivity index (χ0n) is 9.60. The van der Waals surface area contributed by atoms with Crippen molar-refractivity contribution in [1.29, 1.82) is 0 Å². The van der Waals surface area contributed by atoms with E-state index < -0.39 is 17.5 Å². The van der Waals surface area contributed by atoms with Gasteiger partial charge in [0.15, 0.2) is 5.82 Å². The maximum Gasteiger partial charge on any atom is 0.261 e. The van der Waals surface area contributed by atoms with Crippen molar-refractivity contribution in [2.75, 3.05) is 11.9 Å². The van der Waals surface area contributed by atoms with Crippen molar-refractivity contribution < 1.29 is 13.6 Å². The summed E-state index contributed by atoms with van der Waals surface area (Å²) in [6.45, 7) is 0. The molecule has 0 N–H and O–H groups in total. The van der Waals surface area contributed by atoms with Crippen LogP contribution in [0.2, 0.25) is 0 Å². The third-order valence-electron chi connectivity index (χ3n) is 2.52. The van der Waals surface area contributed by atoms with Crippen molar-refractivity contribution in [2.24, 2.45) is 0 Å². The van der Waals surface area contributed by atoms with E-state index in [1.54, 1.807) is 6.07 Å². The number of amides is 1. The smallest absolute Gasteiger partial charge is 0.261 e. The Balaban J connectivity index is 2.36. The molecule has 1 aromatic carbocycles. The molecule has 1 aromatic heterocycles. The summed E-state index contributed by atoms with van der Waals surface area (Å²) in [5, 5.41) is 0. The molecule has 0 saturated carbocycles. The summed E-state index contributed by atoms with van der Waals surface area (Å²) in [7, 11) is 1.39. The van der Waals surface area contributed by atoms with E-state index in [1.807, 2.05) is 0 Å². The minimum absolute atomic E-state index is 0.0960. The minimum atomic E-state index is -0.731. The van der Waals surface area contributed by atoms with E-state index in [4.69, 9.17) is 0 Å². The van der Waals surface area contributed by atoms with E-state index in [2.05, 4.69) is 4.98 Å². The van der Waals surface area contributed by atoms with Gasteiger partial charge >= 0.3 is 0 Å². The van der Waals surface area contributed by atoms with Gasteiger partial charge in [-0.1, -0.05) is 12.1 Å². The Morgan fingerprint density at radius 3 is 2.56 bits per heavy atom. The van der Waals surface area contributed by atoms with Crippen molar-refractivity contribution in [3.05, 3.63) is 59.9 Å². The number of nitrogens with zero attached hydrogens (tertiary/aromatic N) is 2. The molecule has 0 aliphatic heterocycles. The van der Waals surface area contributed by atoms with Gasteiger partial charge in [-0.3, -0.25) is 9.78 Å². The van der Waals surface area contributed by atoms with Crippen LogP contribution in [-0.2, 0) is 0 Å². The lowest BCUT2D eigenvalue weighted by Gasteiger charge is -2.18. The molecule has 3 nitrogen and oxygen atoms in total. The second kappa shape index (κ2) is 4.91. The summed E-state index contributed by atoms with van der Waals surface area (Å²) < 4.78 is 26.9. The molecule has 0 atom stereocenters. The largest absolute Gasteiger partial charge is 0.309 e. The molecule has 0 bridgehead atoms. The average Bonchev–Trinajstić information content (AvgIpc) is 2.38. The van der Waals surface area contributed by atoms with Crippen LogP contribution in [0, 0.1) is 11.6 Å². The molecule has 92 valence electrons. The second-order valence-electron chi connectivity index (χ2n) is 3.67. The van der Waals surface area contributed by atoms with Gasteiger partial charge in [-0.25, -0.2) is 8.78 Å². The van der Waals surface area contributed by atoms with Crippen LogP contribution in [0.4, 0.5) is 14.5 Å². The number of halogens is 2. The number of carbonyl (C=O) groups is 1. The quantitative estimate of drug-likeness (QED) is 0.818. The summed E-state index contributed by atoms with van der Waals surface area (Å²) in [6, 6.07) is 7.07. The monoisotopic (exact) mass is 248 g/mol. The van der Waals surface area contributed by atoms with E-state index in [0.717, 1.165) is 11.1 Å². The Bertz CT molecular complexity index is 587. The zero-order chi connectivity index (χ0) is 13.1. The molecule has 2 rings (SSSR count). The second-order valence-corrected chi connectivity index (χ2v) is 3.67. The highest BCUT2D eigenvalue weighted by Crippen LogP contribution is 2.19. The van der Waals surface area contributed by atoms with Gasteiger partial charge in [0.25, 0.3) is 5.91 Å². The predicted octanol–water partition coefficient (Wildman–Crippen LogP) is 2.64. The summed E-state index contributed by atoms with van der Waals surface area (Å²) in [4.78, 5) is 16.6. The van der Waals surface area contributed by atoms with E-state index in [0.29, 0.717) is 0 Å². The van der Waals surface area contributed by atoms with Crippen molar-refractivity contribution in [3.63, 3.8) is 0 Å². The molecule has 1 heterocycles. The average molecular weight is 248 g/mol. The zero-order valence-corrected chi connectivity index (χ0v) is 9.60. The van der Waals surface area contributed by atoms with Crippen molar-refractivity contribution in [1.82, 2.24) is 4.98 Å². The van der Waals surface area contributed by atoms with Gasteiger partial charge in [0, 0.05) is 13.2 Å². The highest BCUT2D eigenvalue weighted by molar-refractivity contribution is 6.05. The number of benzene rings is 1. The van der Waals surface area contributed by atoms with Gasteiger partial charge in [0.05, 0.1) is 17.4 Å². The molecule has 0 aliphatic rings. The lowest BCUT2D eigenvalue weighted by Crippen LogP contribution is -2.28. The third kappa shape index (κ3) is 2.20. The van der Waals surface area contributed by atoms with Crippen LogP contribution in [0.25, 0.3) is 0 Å². The topological polar surface area (TPSA) is 33.2 Å². The molecule has 0 unspecified atom stereocenters. The Morgan fingerprint density at radius 1 is 1.17 bits per heavy atom. The van der Waals surface area contributed by atoms with Crippen LogP contribution >= 0.6 is 0 Å². The number of carbonyl (C=O) groups excluding carboxylic acids is 1. The van der Waals surface area contributed by atoms with E-state index in [-0.39, 0.29) is 11.3 Å². The molecular weight excluding hydrogens is 238 g/mol. The molecular formula is C13H10F2N2O. The summed E-state index contributed by atoms with van der Waals surface area (Å²) >= 11 is 0. The number of para-hydroxylation sites is 1. The number of hydrogen-bond donors (Lipinski definition) is 0. The lowest BCUT2D eigenvalue weighted by molar-refractivity contribution is 0.0988. The standard InChI is InChI=1S/C13H10F2N2O/c1-17(12-5-3-2-4-10(12)14)13(18)9-6-7-16-8-11(9)15/h2-8H,1H3. The van der Waals surface area contributed by atoms with Gasteiger partial charge in [0.1, 0.15) is 5.82 Å². The van der Waals surface area contributed by atoms with Crippen LogP contribution in [0.3, 0.4) is 0 Å². The highest BCUT2D eigenvalue weighted by Gasteiger charge is 2.19. The van der Waals surface area contributed by atoms with Crippen molar-refractivity contribution in [2.45, 2.75) is 0 Å². The fourth-order valence-corrected chi connectivity index (χ4v) is 1.56. The van der Waals surface area contributed by atoms with Gasteiger partial charge in [-0.15, -0.1) is 0 Å². The van der Waals surface area contributed by atoms with Crippen molar-refractivity contribution in [3.8, 4) is 0 Å². The molecule has 0 saturated heterocycles. The van der Waals surface area contributed by atoms with Crippen LogP contribution in [0.15, 0.2) is 42.7 Å². The van der Waals surface area contributed by atoms with Gasteiger partial charge < -0.3 is 4.90 Å². The Labute approximate surface area is 103 Å². The van der Waals surface area contributed by atoms with E-state index in [9.17, 15) is 13.6 Å². The molecule has 0 fully saturated rings. The fourth-order valence-electron chi connectivity index (χ4n) is 1.56. The highest BCUT2D eigenvalue weighted by atomic mass is 19.1. The molecule has 5 heteroatoms. The first-order chi connectivity index (χ1) is 8.61. The fraction of sp³-hybridized carbons (Fsp3) is 0.0769. The summed E-state index contributed by atoms with van der Waals surface area (Å²) in [6.07, 6.45) is 2.26. The summed E-state index contributed by atoms with van der Waals surface area (Å²) in [5.41, 5.74) is -0.0468. The molecule has 2 aromatic rings. The van der Waals surface area contributed by atoms with Crippen LogP contribution < -0.4 is 4.90 Å². The molecule has 0 radical (unpaired) electrons. The number of aromatic nitrogens is 1.